The van der Waals surface area contributed by atoms with Crippen LogP contribution in [-0.4, -0.2) is 104 Å². The third-order valence-corrected chi connectivity index (χ3v) is 7.93. The molecule has 2 aliphatic rings. The van der Waals surface area contributed by atoms with Gasteiger partial charge in [-0.2, -0.15) is 26.3 Å². The number of benzene rings is 2. The first-order valence-corrected chi connectivity index (χ1v) is 14.2. The van der Waals surface area contributed by atoms with Gasteiger partial charge < -0.3 is 19.5 Å². The Hall–Kier alpha value is -2.29. The second-order valence-electron chi connectivity index (χ2n) is 11.2. The quantitative estimate of drug-likeness (QED) is 0.342. The molecular formula is C30H39Cl2F6N3O4. The van der Waals surface area contributed by atoms with E-state index in [9.17, 15) is 36.2 Å². The topological polar surface area (TPSA) is 65.5 Å². The van der Waals surface area contributed by atoms with E-state index >= 15 is 0 Å². The largest absolute Gasteiger partial charge is 0.508 e. The molecule has 0 aliphatic carbocycles. The number of carbonyl (C=O) groups excluding carboxylic acids is 1. The average Bonchev–Trinajstić information content (AvgIpc) is 2.94. The van der Waals surface area contributed by atoms with Crippen LogP contribution in [0.5, 0.6) is 5.75 Å². The van der Waals surface area contributed by atoms with Crippen molar-refractivity contribution in [2.45, 2.75) is 44.3 Å². The van der Waals surface area contributed by atoms with Gasteiger partial charge in [-0.3, -0.25) is 14.6 Å². The number of ether oxygens (including phenoxy) is 2. The fourth-order valence-electron chi connectivity index (χ4n) is 5.65. The van der Waals surface area contributed by atoms with Gasteiger partial charge in [0.1, 0.15) is 5.75 Å². The summed E-state index contributed by atoms with van der Waals surface area (Å²) in [6.07, 6.45) is -9.01. The molecule has 7 nitrogen and oxygen atoms in total. The molecule has 2 aromatic carbocycles. The summed E-state index contributed by atoms with van der Waals surface area (Å²) in [7, 11) is 1.63. The number of hydrogen-bond acceptors (Lipinski definition) is 6. The minimum absolute atomic E-state index is 0. The Morgan fingerprint density at radius 2 is 1.56 bits per heavy atom. The van der Waals surface area contributed by atoms with Crippen molar-refractivity contribution in [3.8, 4) is 5.75 Å². The molecule has 0 aromatic heterocycles. The Morgan fingerprint density at radius 3 is 2.13 bits per heavy atom. The van der Waals surface area contributed by atoms with E-state index in [0.717, 1.165) is 26.1 Å². The number of carbonyl (C=O) groups is 1. The zero-order valence-corrected chi connectivity index (χ0v) is 26.6. The van der Waals surface area contributed by atoms with Gasteiger partial charge in [0, 0.05) is 51.4 Å². The fourth-order valence-corrected chi connectivity index (χ4v) is 5.65. The molecule has 2 atom stereocenters. The molecule has 1 N–H and O–H groups in total. The third kappa shape index (κ3) is 10.6. The molecule has 254 valence electrons. The molecule has 2 heterocycles. The first kappa shape index (κ1) is 38.9. The minimum Gasteiger partial charge on any atom is -0.508 e. The number of rotatable bonds is 9. The molecule has 2 aromatic rings. The van der Waals surface area contributed by atoms with E-state index in [2.05, 4.69) is 9.80 Å². The number of methoxy groups -OCH3 is 1. The van der Waals surface area contributed by atoms with Crippen molar-refractivity contribution >= 4 is 30.7 Å². The summed E-state index contributed by atoms with van der Waals surface area (Å²) in [5.41, 5.74) is -2.36. The van der Waals surface area contributed by atoms with Crippen LogP contribution < -0.4 is 0 Å². The number of phenols is 1. The van der Waals surface area contributed by atoms with Gasteiger partial charge in [0.25, 0.3) is 5.91 Å². The molecule has 1 amide bonds. The van der Waals surface area contributed by atoms with Crippen molar-refractivity contribution in [1.29, 1.82) is 0 Å². The van der Waals surface area contributed by atoms with E-state index in [4.69, 9.17) is 9.47 Å². The van der Waals surface area contributed by atoms with Gasteiger partial charge in [-0.15, -0.1) is 24.8 Å². The van der Waals surface area contributed by atoms with Crippen LogP contribution in [0.2, 0.25) is 0 Å². The van der Waals surface area contributed by atoms with Crippen LogP contribution in [0.1, 0.15) is 39.0 Å². The first-order chi connectivity index (χ1) is 20.2. The van der Waals surface area contributed by atoms with E-state index in [1.807, 2.05) is 0 Å². The van der Waals surface area contributed by atoms with Crippen LogP contribution in [0.25, 0.3) is 0 Å². The second kappa shape index (κ2) is 16.5. The van der Waals surface area contributed by atoms with Crippen LogP contribution in [0.3, 0.4) is 0 Å². The van der Waals surface area contributed by atoms with E-state index < -0.39 is 41.0 Å². The van der Waals surface area contributed by atoms with Crippen LogP contribution >= 0.6 is 24.8 Å². The maximum Gasteiger partial charge on any atom is 0.416 e. The highest BCUT2D eigenvalue weighted by Gasteiger charge is 2.39. The van der Waals surface area contributed by atoms with Crippen molar-refractivity contribution in [3.05, 3.63) is 64.2 Å². The summed E-state index contributed by atoms with van der Waals surface area (Å²) < 4.78 is 91.9. The van der Waals surface area contributed by atoms with Gasteiger partial charge in [-0.25, -0.2) is 0 Å². The van der Waals surface area contributed by atoms with Gasteiger partial charge in [-0.1, -0.05) is 12.1 Å². The lowest BCUT2D eigenvalue weighted by atomic mass is 9.98. The third-order valence-electron chi connectivity index (χ3n) is 7.93. The molecule has 15 heteroatoms. The molecule has 2 aliphatic heterocycles. The van der Waals surface area contributed by atoms with Crippen molar-refractivity contribution in [2.75, 3.05) is 66.1 Å². The van der Waals surface area contributed by atoms with Crippen molar-refractivity contribution in [1.82, 2.24) is 14.7 Å². The number of alkyl halides is 6. The normalized spacial score (nSPS) is 20.0. The molecule has 0 radical (unpaired) electrons. The lowest BCUT2D eigenvalue weighted by Crippen LogP contribution is -2.56. The first-order valence-electron chi connectivity index (χ1n) is 14.2. The summed E-state index contributed by atoms with van der Waals surface area (Å²) in [5, 5.41) is 10.2. The summed E-state index contributed by atoms with van der Waals surface area (Å²) in [6, 6.07) is 5.53. The van der Waals surface area contributed by atoms with Crippen molar-refractivity contribution in [3.63, 3.8) is 0 Å². The number of amides is 1. The SMILES string of the molecule is COC[C@@H]1CN(CCCN2CCN(C(=O)c3cc(C(F)(F)F)cc(C(F)(F)F)c3)C(Cc3ccc(C)c(O)c3)C2)CCO1.Cl.Cl. The smallest absolute Gasteiger partial charge is 0.416 e. The van der Waals surface area contributed by atoms with Crippen molar-refractivity contribution < 1.29 is 45.7 Å². The standard InChI is InChI=1S/C30H37F6N3O4.2ClH/c1-20-4-5-21(13-27(20)40)12-25-17-37(6-3-7-38-10-11-43-26(18-38)19-42-2)8-9-39(25)28(41)22-14-23(29(31,32)33)16-24(15-22)30(34,35)36;;/h4-5,13-16,25-26,40H,3,6-12,17-19H2,1-2H3;2*1H/t25?,26-;;/m0../s1. The Morgan fingerprint density at radius 1 is 0.933 bits per heavy atom. The molecule has 45 heavy (non-hydrogen) atoms. The molecular weight excluding hydrogens is 651 g/mol. The van der Waals surface area contributed by atoms with Gasteiger partial charge in [-0.05, 0) is 68.2 Å². The molecule has 0 saturated carbocycles. The minimum atomic E-state index is -5.06. The Kier molecular flexibility index (Phi) is 14.3. The number of aromatic hydroxyl groups is 1. The highest BCUT2D eigenvalue weighted by atomic mass is 35.5. The average molecular weight is 691 g/mol. The lowest BCUT2D eigenvalue weighted by molar-refractivity contribution is -0.143. The number of phenolic OH excluding ortho intramolecular Hbond substituents is 1. The van der Waals surface area contributed by atoms with E-state index in [0.29, 0.717) is 56.1 Å². The molecule has 0 spiro atoms. The lowest BCUT2D eigenvalue weighted by Gasteiger charge is -2.42. The van der Waals surface area contributed by atoms with Crippen LogP contribution in [-0.2, 0) is 28.2 Å². The second-order valence-corrected chi connectivity index (χ2v) is 11.2. The zero-order chi connectivity index (χ0) is 31.4. The Labute approximate surface area is 271 Å². The van der Waals surface area contributed by atoms with Gasteiger partial charge in [0.05, 0.1) is 30.4 Å². The number of halogens is 8. The Balaban J connectivity index is 0.00000353. The van der Waals surface area contributed by atoms with Gasteiger partial charge in [0.2, 0.25) is 0 Å². The monoisotopic (exact) mass is 689 g/mol. The number of morpholine rings is 1. The number of aryl methyl sites for hydroxylation is 1. The van der Waals surface area contributed by atoms with Crippen LogP contribution in [0.15, 0.2) is 36.4 Å². The summed E-state index contributed by atoms with van der Waals surface area (Å²) >= 11 is 0. The molecule has 1 unspecified atom stereocenters. The zero-order valence-electron chi connectivity index (χ0n) is 25.0. The molecule has 2 fully saturated rings. The summed E-state index contributed by atoms with van der Waals surface area (Å²) in [6.45, 7) is 6.87. The van der Waals surface area contributed by atoms with Gasteiger partial charge in [0.15, 0.2) is 0 Å². The molecule has 4 rings (SSSR count). The van der Waals surface area contributed by atoms with E-state index in [1.54, 1.807) is 32.2 Å². The van der Waals surface area contributed by atoms with Crippen LogP contribution in [0.4, 0.5) is 26.3 Å². The fraction of sp³-hybridized carbons (Fsp3) is 0.567. The Bertz CT molecular complexity index is 1230. The summed E-state index contributed by atoms with van der Waals surface area (Å²) in [4.78, 5) is 19.4. The van der Waals surface area contributed by atoms with E-state index in [-0.39, 0.29) is 55.7 Å². The highest BCUT2D eigenvalue weighted by molar-refractivity contribution is 5.95. The number of nitrogens with zero attached hydrogens (tertiary/aromatic N) is 3. The number of piperazine rings is 1. The predicted octanol–water partition coefficient (Wildman–Crippen LogP) is 5.69. The van der Waals surface area contributed by atoms with Crippen LogP contribution in [0, 0.1) is 6.92 Å². The predicted molar refractivity (Wildman–Crippen MR) is 161 cm³/mol. The molecule has 2 saturated heterocycles. The highest BCUT2D eigenvalue weighted by Crippen LogP contribution is 2.37. The number of hydrogen-bond donors (Lipinski definition) is 1. The molecule has 0 bridgehead atoms. The maximum atomic E-state index is 13.6. The summed E-state index contributed by atoms with van der Waals surface area (Å²) in [5.74, 6) is -0.830. The van der Waals surface area contributed by atoms with E-state index in [1.165, 1.54) is 4.90 Å². The van der Waals surface area contributed by atoms with Gasteiger partial charge >= 0.3 is 12.4 Å². The maximum absolute atomic E-state index is 13.6. The van der Waals surface area contributed by atoms with Crippen molar-refractivity contribution in [2.24, 2.45) is 0 Å².